The summed E-state index contributed by atoms with van der Waals surface area (Å²) in [4.78, 5) is 28.0. The fraction of sp³-hybridized carbons (Fsp3) is 0.556. The average Bonchev–Trinajstić information content (AvgIpc) is 2.86. The van der Waals surface area contributed by atoms with Crippen LogP contribution in [0.4, 0.5) is 0 Å². The second-order valence-electron chi connectivity index (χ2n) is 5.80. The first kappa shape index (κ1) is 18.1. The molecule has 2 rings (SSSR count). The number of carbonyl (C=O) groups is 2. The van der Waals surface area contributed by atoms with Crippen molar-refractivity contribution in [1.29, 1.82) is 0 Å². The predicted molar refractivity (Wildman–Crippen MR) is 91.2 cm³/mol. The number of hydrogen-bond donors (Lipinski definition) is 0. The number of methoxy groups -OCH3 is 1. The van der Waals surface area contributed by atoms with Gasteiger partial charge < -0.3 is 19.3 Å². The number of benzene rings is 1. The third-order valence-electron chi connectivity index (χ3n) is 4.09. The third-order valence-corrected chi connectivity index (χ3v) is 4.09. The van der Waals surface area contributed by atoms with Crippen LogP contribution in [0.25, 0.3) is 0 Å². The van der Waals surface area contributed by atoms with Crippen molar-refractivity contribution in [2.75, 3.05) is 39.9 Å². The molecule has 2 amide bonds. The second kappa shape index (κ2) is 9.15. The van der Waals surface area contributed by atoms with Crippen molar-refractivity contribution in [1.82, 2.24) is 9.80 Å². The largest absolute Gasteiger partial charge is 0.493 e. The van der Waals surface area contributed by atoms with Crippen LogP contribution in [0, 0.1) is 0 Å². The summed E-state index contributed by atoms with van der Waals surface area (Å²) in [7, 11) is 1.57. The number of para-hydroxylation sites is 2. The maximum absolute atomic E-state index is 12.4. The molecule has 0 unspecified atom stereocenters. The summed E-state index contributed by atoms with van der Waals surface area (Å²) in [5, 5.41) is 0. The Hall–Kier alpha value is -2.24. The zero-order valence-corrected chi connectivity index (χ0v) is 14.5. The van der Waals surface area contributed by atoms with Gasteiger partial charge in [-0.05, 0) is 25.0 Å². The minimum absolute atomic E-state index is 0.0245. The van der Waals surface area contributed by atoms with E-state index in [0.29, 0.717) is 37.6 Å². The predicted octanol–water partition coefficient (Wildman–Crippen LogP) is 1.93. The van der Waals surface area contributed by atoms with Gasteiger partial charge in [-0.25, -0.2) is 0 Å². The summed E-state index contributed by atoms with van der Waals surface area (Å²) in [6.45, 7) is 4.51. The lowest BCUT2D eigenvalue weighted by molar-refractivity contribution is -0.134. The van der Waals surface area contributed by atoms with Crippen molar-refractivity contribution in [2.45, 2.75) is 26.2 Å². The van der Waals surface area contributed by atoms with Gasteiger partial charge in [0.1, 0.15) is 0 Å². The Morgan fingerprint density at radius 1 is 1.00 bits per heavy atom. The number of carbonyl (C=O) groups excluding carboxylic acids is 2. The van der Waals surface area contributed by atoms with Gasteiger partial charge in [0.15, 0.2) is 18.1 Å². The molecule has 132 valence electrons. The molecule has 1 saturated heterocycles. The zero-order chi connectivity index (χ0) is 17.4. The van der Waals surface area contributed by atoms with E-state index in [4.69, 9.17) is 9.47 Å². The zero-order valence-electron chi connectivity index (χ0n) is 14.5. The number of ether oxygens (including phenoxy) is 2. The highest BCUT2D eigenvalue weighted by atomic mass is 16.5. The van der Waals surface area contributed by atoms with Gasteiger partial charge in [0.25, 0.3) is 5.91 Å². The maximum atomic E-state index is 12.4. The lowest BCUT2D eigenvalue weighted by Crippen LogP contribution is -2.39. The molecule has 0 saturated carbocycles. The van der Waals surface area contributed by atoms with E-state index in [2.05, 4.69) is 0 Å². The molecule has 1 aromatic rings. The molecular formula is C18H26N2O4. The quantitative estimate of drug-likeness (QED) is 0.798. The van der Waals surface area contributed by atoms with E-state index < -0.39 is 0 Å². The van der Waals surface area contributed by atoms with E-state index in [-0.39, 0.29) is 18.4 Å². The highest BCUT2D eigenvalue weighted by Crippen LogP contribution is 2.25. The van der Waals surface area contributed by atoms with Gasteiger partial charge in [-0.1, -0.05) is 19.1 Å². The average molecular weight is 334 g/mol. The monoisotopic (exact) mass is 334 g/mol. The first-order valence-electron chi connectivity index (χ1n) is 8.47. The Labute approximate surface area is 143 Å². The van der Waals surface area contributed by atoms with Crippen LogP contribution in [0.3, 0.4) is 0 Å². The number of hydrogen-bond acceptors (Lipinski definition) is 4. The van der Waals surface area contributed by atoms with E-state index in [1.165, 1.54) is 0 Å². The highest BCUT2D eigenvalue weighted by molar-refractivity contribution is 5.78. The third kappa shape index (κ3) is 4.88. The molecule has 1 heterocycles. The molecule has 0 radical (unpaired) electrons. The molecule has 0 atom stereocenters. The minimum Gasteiger partial charge on any atom is -0.493 e. The van der Waals surface area contributed by atoms with Crippen LogP contribution in [0.5, 0.6) is 11.5 Å². The lowest BCUT2D eigenvalue weighted by Gasteiger charge is -2.22. The molecule has 1 fully saturated rings. The number of amides is 2. The molecule has 0 N–H and O–H groups in total. The van der Waals surface area contributed by atoms with Gasteiger partial charge in [0.05, 0.1) is 7.11 Å². The summed E-state index contributed by atoms with van der Waals surface area (Å²) >= 11 is 0. The Morgan fingerprint density at radius 2 is 1.62 bits per heavy atom. The van der Waals surface area contributed by atoms with Gasteiger partial charge in [-0.15, -0.1) is 0 Å². The van der Waals surface area contributed by atoms with Gasteiger partial charge >= 0.3 is 0 Å². The smallest absolute Gasteiger partial charge is 0.260 e. The summed E-state index contributed by atoms with van der Waals surface area (Å²) < 4.78 is 10.8. The number of rotatable bonds is 6. The van der Waals surface area contributed by atoms with Gasteiger partial charge in [-0.2, -0.15) is 0 Å². The van der Waals surface area contributed by atoms with Crippen molar-refractivity contribution in [3.63, 3.8) is 0 Å². The van der Waals surface area contributed by atoms with Crippen molar-refractivity contribution in [3.8, 4) is 11.5 Å². The number of nitrogens with zero attached hydrogens (tertiary/aromatic N) is 2. The fourth-order valence-corrected chi connectivity index (χ4v) is 2.76. The topological polar surface area (TPSA) is 59.1 Å². The van der Waals surface area contributed by atoms with E-state index in [0.717, 1.165) is 19.4 Å². The van der Waals surface area contributed by atoms with Crippen LogP contribution in [-0.2, 0) is 9.59 Å². The minimum atomic E-state index is -0.0642. The summed E-state index contributed by atoms with van der Waals surface area (Å²) in [6, 6.07) is 7.26. The molecule has 0 aliphatic carbocycles. The van der Waals surface area contributed by atoms with Crippen LogP contribution in [0.15, 0.2) is 24.3 Å². The van der Waals surface area contributed by atoms with E-state index in [1.54, 1.807) is 24.1 Å². The van der Waals surface area contributed by atoms with E-state index in [9.17, 15) is 9.59 Å². The van der Waals surface area contributed by atoms with Gasteiger partial charge in [0, 0.05) is 32.6 Å². The summed E-state index contributed by atoms with van der Waals surface area (Å²) in [5.74, 6) is 1.28. The molecular weight excluding hydrogens is 308 g/mol. The molecule has 1 aliphatic heterocycles. The maximum Gasteiger partial charge on any atom is 0.260 e. The molecule has 0 aromatic heterocycles. The Kier molecular flexibility index (Phi) is 6.90. The Balaban J connectivity index is 1.85. The van der Waals surface area contributed by atoms with Crippen LogP contribution in [0.2, 0.25) is 0 Å². The second-order valence-corrected chi connectivity index (χ2v) is 5.80. The van der Waals surface area contributed by atoms with E-state index in [1.807, 2.05) is 24.0 Å². The summed E-state index contributed by atoms with van der Waals surface area (Å²) in [5.41, 5.74) is 0. The van der Waals surface area contributed by atoms with Crippen molar-refractivity contribution in [3.05, 3.63) is 24.3 Å². The fourth-order valence-electron chi connectivity index (χ4n) is 2.76. The van der Waals surface area contributed by atoms with Crippen LogP contribution in [0.1, 0.15) is 26.2 Å². The molecule has 0 bridgehead atoms. The van der Waals surface area contributed by atoms with Crippen LogP contribution < -0.4 is 9.47 Å². The Morgan fingerprint density at radius 3 is 2.25 bits per heavy atom. The van der Waals surface area contributed by atoms with Crippen LogP contribution in [-0.4, -0.2) is 61.5 Å². The first-order chi connectivity index (χ1) is 11.7. The van der Waals surface area contributed by atoms with Crippen molar-refractivity contribution >= 4 is 11.8 Å². The molecule has 6 heteroatoms. The highest BCUT2D eigenvalue weighted by Gasteiger charge is 2.22. The lowest BCUT2D eigenvalue weighted by atomic mass is 10.3. The normalized spacial score (nSPS) is 14.9. The first-order valence-corrected chi connectivity index (χ1v) is 8.47. The van der Waals surface area contributed by atoms with E-state index >= 15 is 0 Å². The standard InChI is InChI=1S/C18H26N2O4/c1-3-7-17(21)19-10-6-11-20(13-12-19)18(22)14-24-16-9-5-4-8-15(16)23-2/h4-5,8-9H,3,6-7,10-14H2,1-2H3. The van der Waals surface area contributed by atoms with Crippen LogP contribution >= 0.6 is 0 Å². The molecule has 1 aliphatic rings. The SMILES string of the molecule is CCCC(=O)N1CCCN(C(=O)COc2ccccc2OC)CC1. The molecule has 24 heavy (non-hydrogen) atoms. The molecule has 0 spiro atoms. The van der Waals surface area contributed by atoms with Crippen molar-refractivity contribution < 1.29 is 19.1 Å². The Bertz CT molecular complexity index is 562. The van der Waals surface area contributed by atoms with Gasteiger partial charge in [-0.3, -0.25) is 9.59 Å². The summed E-state index contributed by atoms with van der Waals surface area (Å²) in [6.07, 6.45) is 2.23. The van der Waals surface area contributed by atoms with Crippen molar-refractivity contribution in [2.24, 2.45) is 0 Å². The molecule has 6 nitrogen and oxygen atoms in total. The molecule has 1 aromatic carbocycles. The van der Waals surface area contributed by atoms with Gasteiger partial charge in [0.2, 0.25) is 5.91 Å².